The summed E-state index contributed by atoms with van der Waals surface area (Å²) in [7, 11) is 0. The van der Waals surface area contributed by atoms with Gasteiger partial charge in [-0.3, -0.25) is 9.78 Å². The van der Waals surface area contributed by atoms with Crippen LogP contribution in [0.1, 0.15) is 22.3 Å². The van der Waals surface area contributed by atoms with Crippen molar-refractivity contribution >= 4 is 28.4 Å². The maximum absolute atomic E-state index is 13.7. The molecule has 1 aromatic heterocycles. The largest absolute Gasteiger partial charge is 0.379 e. The van der Waals surface area contributed by atoms with Gasteiger partial charge in [-0.2, -0.15) is 0 Å². The molecule has 2 aliphatic heterocycles. The number of carbonyl (C=O) groups is 1. The molecule has 2 aromatic carbocycles. The molecule has 0 aliphatic carbocycles. The Balaban J connectivity index is 1.50. The lowest BCUT2D eigenvalue weighted by Gasteiger charge is -2.27. The first kappa shape index (κ1) is 23.4. The zero-order valence-electron chi connectivity index (χ0n) is 19.4. The van der Waals surface area contributed by atoms with Crippen molar-refractivity contribution in [1.29, 1.82) is 0 Å². The second-order valence-corrected chi connectivity index (χ2v) is 8.75. The molecule has 10 heteroatoms. The first-order valence-corrected chi connectivity index (χ1v) is 11.9. The Bertz CT molecular complexity index is 1190. The Morgan fingerprint density at radius 3 is 2.63 bits per heavy atom. The maximum atomic E-state index is 13.7. The molecule has 5 rings (SSSR count). The summed E-state index contributed by atoms with van der Waals surface area (Å²) in [5.41, 5.74) is 2.71. The van der Waals surface area contributed by atoms with E-state index >= 15 is 0 Å². The monoisotopic (exact) mass is 482 g/mol. The van der Waals surface area contributed by atoms with E-state index in [1.165, 1.54) is 12.1 Å². The zero-order chi connectivity index (χ0) is 24.2. The highest BCUT2D eigenvalue weighted by molar-refractivity contribution is 6.01. The van der Waals surface area contributed by atoms with Crippen molar-refractivity contribution in [2.24, 2.45) is 0 Å². The van der Waals surface area contributed by atoms with E-state index in [9.17, 15) is 13.6 Å². The highest BCUT2D eigenvalue weighted by Gasteiger charge is 2.21. The van der Waals surface area contributed by atoms with Gasteiger partial charge in [0.05, 0.1) is 30.6 Å². The van der Waals surface area contributed by atoms with E-state index < -0.39 is 11.6 Å². The van der Waals surface area contributed by atoms with Crippen molar-refractivity contribution in [2.45, 2.75) is 13.0 Å². The van der Waals surface area contributed by atoms with Crippen molar-refractivity contribution in [3.05, 3.63) is 59.3 Å². The minimum Gasteiger partial charge on any atom is -0.379 e. The molecule has 0 radical (unpaired) electrons. The summed E-state index contributed by atoms with van der Waals surface area (Å²) < 4.78 is 32.9. The molecule has 3 heterocycles. The quantitative estimate of drug-likeness (QED) is 0.579. The lowest BCUT2D eigenvalue weighted by atomic mass is 10.1. The van der Waals surface area contributed by atoms with Crippen LogP contribution in [0.4, 0.5) is 20.3 Å². The SMILES string of the molecule is O=C(c1cc(NCc2cc(F)cc(F)c2)c2nc(N3CCOCC3)cnc2c1)N1CCCNCC1. The van der Waals surface area contributed by atoms with Crippen LogP contribution in [0.15, 0.2) is 36.5 Å². The van der Waals surface area contributed by atoms with E-state index in [1.54, 1.807) is 18.3 Å². The van der Waals surface area contributed by atoms with Crippen LogP contribution < -0.4 is 15.5 Å². The van der Waals surface area contributed by atoms with Crippen molar-refractivity contribution < 1.29 is 18.3 Å². The van der Waals surface area contributed by atoms with Crippen LogP contribution in [0.2, 0.25) is 0 Å². The summed E-state index contributed by atoms with van der Waals surface area (Å²) in [6.45, 7) is 5.77. The molecule has 2 N–H and O–H groups in total. The van der Waals surface area contributed by atoms with Crippen molar-refractivity contribution in [1.82, 2.24) is 20.2 Å². The highest BCUT2D eigenvalue weighted by Crippen LogP contribution is 2.27. The fourth-order valence-electron chi connectivity index (χ4n) is 4.45. The van der Waals surface area contributed by atoms with Gasteiger partial charge in [0, 0.05) is 50.9 Å². The molecule has 0 unspecified atom stereocenters. The number of aromatic nitrogens is 2. The number of amides is 1. The minimum atomic E-state index is -0.639. The number of rotatable bonds is 5. The third-order valence-electron chi connectivity index (χ3n) is 6.25. The Morgan fingerprint density at radius 1 is 1.03 bits per heavy atom. The molecular weight excluding hydrogens is 454 g/mol. The Labute approximate surface area is 202 Å². The third-order valence-corrected chi connectivity index (χ3v) is 6.25. The highest BCUT2D eigenvalue weighted by atomic mass is 19.1. The van der Waals surface area contributed by atoms with E-state index in [2.05, 4.69) is 20.5 Å². The smallest absolute Gasteiger partial charge is 0.254 e. The summed E-state index contributed by atoms with van der Waals surface area (Å²) in [6.07, 6.45) is 2.60. The molecule has 2 saturated heterocycles. The van der Waals surface area contributed by atoms with Crippen LogP contribution in [0.5, 0.6) is 0 Å². The predicted molar refractivity (Wildman–Crippen MR) is 130 cm³/mol. The van der Waals surface area contributed by atoms with E-state index in [0.717, 1.165) is 31.4 Å². The summed E-state index contributed by atoms with van der Waals surface area (Å²) in [5, 5.41) is 6.54. The van der Waals surface area contributed by atoms with Crippen molar-refractivity contribution in [2.75, 3.05) is 62.7 Å². The summed E-state index contributed by atoms with van der Waals surface area (Å²) >= 11 is 0. The summed E-state index contributed by atoms with van der Waals surface area (Å²) in [5.74, 6) is -0.632. The second-order valence-electron chi connectivity index (χ2n) is 8.75. The van der Waals surface area contributed by atoms with Gasteiger partial charge in [-0.15, -0.1) is 0 Å². The topological polar surface area (TPSA) is 82.6 Å². The molecule has 3 aromatic rings. The maximum Gasteiger partial charge on any atom is 0.254 e. The van der Waals surface area contributed by atoms with Crippen LogP contribution in [-0.2, 0) is 11.3 Å². The standard InChI is InChI=1S/C25H28F2N6O2/c26-19-10-17(11-20(27)14-19)15-29-21-12-18(25(34)33-4-1-2-28-3-5-33)13-22-24(21)31-23(16-30-22)32-6-8-35-9-7-32/h10-14,16,28-29H,1-9,15H2. The van der Waals surface area contributed by atoms with E-state index in [-0.39, 0.29) is 12.5 Å². The number of carbonyl (C=O) groups excluding carboxylic acids is 1. The van der Waals surface area contributed by atoms with Crippen molar-refractivity contribution in [3.63, 3.8) is 0 Å². The average molecular weight is 483 g/mol. The minimum absolute atomic E-state index is 0.0745. The first-order chi connectivity index (χ1) is 17.1. The van der Waals surface area contributed by atoms with Gasteiger partial charge in [-0.1, -0.05) is 0 Å². The normalized spacial score (nSPS) is 16.9. The van der Waals surface area contributed by atoms with Gasteiger partial charge in [0.2, 0.25) is 0 Å². The molecule has 0 saturated carbocycles. The number of fused-ring (bicyclic) bond motifs is 1. The second kappa shape index (κ2) is 10.5. The zero-order valence-corrected chi connectivity index (χ0v) is 19.4. The number of nitrogens with zero attached hydrogens (tertiary/aromatic N) is 4. The van der Waals surface area contributed by atoms with Gasteiger partial charge >= 0.3 is 0 Å². The Kier molecular flexibility index (Phi) is 7.01. The number of ether oxygens (including phenoxy) is 1. The molecule has 0 atom stereocenters. The number of nitrogens with one attached hydrogen (secondary N) is 2. The summed E-state index contributed by atoms with van der Waals surface area (Å²) in [6, 6.07) is 6.93. The molecule has 35 heavy (non-hydrogen) atoms. The van der Waals surface area contributed by atoms with Crippen LogP contribution >= 0.6 is 0 Å². The van der Waals surface area contributed by atoms with E-state index in [1.807, 2.05) is 4.90 Å². The fraction of sp³-hybridized carbons (Fsp3) is 0.400. The molecule has 2 fully saturated rings. The lowest BCUT2D eigenvalue weighted by molar-refractivity contribution is 0.0766. The molecule has 1 amide bonds. The van der Waals surface area contributed by atoms with Gasteiger partial charge in [-0.05, 0) is 42.8 Å². The van der Waals surface area contributed by atoms with Gasteiger partial charge in [0.1, 0.15) is 23.0 Å². The van der Waals surface area contributed by atoms with Crippen LogP contribution in [0.3, 0.4) is 0 Å². The van der Waals surface area contributed by atoms with Gasteiger partial charge in [0.15, 0.2) is 0 Å². The Hall–Kier alpha value is -3.37. The van der Waals surface area contributed by atoms with Crippen LogP contribution in [0, 0.1) is 11.6 Å². The Morgan fingerprint density at radius 2 is 1.83 bits per heavy atom. The van der Waals surface area contributed by atoms with Gasteiger partial charge in [0.25, 0.3) is 5.91 Å². The number of benzene rings is 2. The third kappa shape index (κ3) is 5.49. The van der Waals surface area contributed by atoms with Crippen LogP contribution in [0.25, 0.3) is 11.0 Å². The average Bonchev–Trinajstić information content (AvgIpc) is 3.16. The molecule has 184 valence electrons. The van der Waals surface area contributed by atoms with E-state index in [0.29, 0.717) is 67.2 Å². The van der Waals surface area contributed by atoms with Crippen molar-refractivity contribution in [3.8, 4) is 0 Å². The fourth-order valence-corrected chi connectivity index (χ4v) is 4.45. The summed E-state index contributed by atoms with van der Waals surface area (Å²) in [4.78, 5) is 26.7. The van der Waals surface area contributed by atoms with Gasteiger partial charge in [-0.25, -0.2) is 13.8 Å². The van der Waals surface area contributed by atoms with Gasteiger partial charge < -0.3 is 25.2 Å². The van der Waals surface area contributed by atoms with Crippen LogP contribution in [-0.4, -0.2) is 73.3 Å². The number of hydrogen-bond acceptors (Lipinski definition) is 7. The number of morpholine rings is 1. The molecule has 0 bridgehead atoms. The predicted octanol–water partition coefficient (Wildman–Crippen LogP) is 2.79. The van der Waals surface area contributed by atoms with E-state index in [4.69, 9.17) is 9.72 Å². The molecule has 8 nitrogen and oxygen atoms in total. The number of hydrogen-bond donors (Lipinski definition) is 2. The first-order valence-electron chi connectivity index (χ1n) is 11.9. The molecular formula is C25H28F2N6O2. The lowest BCUT2D eigenvalue weighted by Crippen LogP contribution is -2.36. The number of anilines is 2. The number of halogens is 2. The molecule has 2 aliphatic rings. The molecule has 0 spiro atoms.